The van der Waals surface area contributed by atoms with Crippen molar-refractivity contribution in [1.82, 2.24) is 5.32 Å². The molecule has 3 heteroatoms. The van der Waals surface area contributed by atoms with Gasteiger partial charge in [-0.3, -0.25) is 0 Å². The highest BCUT2D eigenvalue weighted by Gasteiger charge is 2.09. The molecule has 2 aromatic carbocycles. The average molecular weight is 269 g/mol. The Hall–Kier alpha value is -2.13. The zero-order chi connectivity index (χ0) is 13.9. The normalized spacial score (nSPS) is 11.1. The summed E-state index contributed by atoms with van der Waals surface area (Å²) in [6.45, 7) is 3.82. The molecule has 0 atom stereocenters. The summed E-state index contributed by atoms with van der Waals surface area (Å²) < 4.78 is 19.3. The molecule has 0 saturated heterocycles. The molecule has 20 heavy (non-hydrogen) atoms. The van der Waals surface area contributed by atoms with Gasteiger partial charge in [0, 0.05) is 17.5 Å². The first-order valence-electron chi connectivity index (χ1n) is 6.76. The summed E-state index contributed by atoms with van der Waals surface area (Å²) in [7, 11) is 0. The van der Waals surface area contributed by atoms with E-state index >= 15 is 0 Å². The maximum Gasteiger partial charge on any atom is 0.170 e. The molecular weight excluding hydrogens is 253 g/mol. The smallest absolute Gasteiger partial charge is 0.170 e. The van der Waals surface area contributed by atoms with Gasteiger partial charge in [-0.25, -0.2) is 4.39 Å². The second-order valence-electron chi connectivity index (χ2n) is 4.75. The van der Waals surface area contributed by atoms with E-state index in [1.54, 1.807) is 6.07 Å². The van der Waals surface area contributed by atoms with Crippen LogP contribution < -0.4 is 5.32 Å². The number of fused-ring (bicyclic) bond motifs is 1. The number of hydrogen-bond donors (Lipinski definition) is 1. The zero-order valence-electron chi connectivity index (χ0n) is 11.3. The SMILES string of the molecule is CCNCc1cccc(-c2cc3cccc(F)c3o2)c1. The molecule has 3 rings (SSSR count). The number of furan rings is 1. The number of benzene rings is 2. The van der Waals surface area contributed by atoms with E-state index in [-0.39, 0.29) is 5.82 Å². The van der Waals surface area contributed by atoms with Crippen molar-refractivity contribution >= 4 is 11.0 Å². The van der Waals surface area contributed by atoms with Gasteiger partial charge in [-0.2, -0.15) is 0 Å². The van der Waals surface area contributed by atoms with E-state index in [1.165, 1.54) is 11.6 Å². The first-order valence-corrected chi connectivity index (χ1v) is 6.76. The fraction of sp³-hybridized carbons (Fsp3) is 0.176. The molecular formula is C17H16FNO. The topological polar surface area (TPSA) is 25.2 Å². The van der Waals surface area contributed by atoms with E-state index in [0.29, 0.717) is 11.3 Å². The summed E-state index contributed by atoms with van der Waals surface area (Å²) in [4.78, 5) is 0. The van der Waals surface area contributed by atoms with Gasteiger partial charge in [0.05, 0.1) is 0 Å². The molecule has 0 aliphatic heterocycles. The summed E-state index contributed by atoms with van der Waals surface area (Å²) in [5, 5.41) is 4.08. The summed E-state index contributed by atoms with van der Waals surface area (Å²) in [5.41, 5.74) is 2.47. The molecule has 0 amide bonds. The molecule has 1 aromatic heterocycles. The molecule has 1 N–H and O–H groups in total. The van der Waals surface area contributed by atoms with Gasteiger partial charge in [-0.05, 0) is 30.3 Å². The highest BCUT2D eigenvalue weighted by atomic mass is 19.1. The van der Waals surface area contributed by atoms with Crippen LogP contribution in [0.25, 0.3) is 22.3 Å². The van der Waals surface area contributed by atoms with E-state index in [2.05, 4.69) is 24.4 Å². The van der Waals surface area contributed by atoms with Crippen LogP contribution in [0.4, 0.5) is 4.39 Å². The van der Waals surface area contributed by atoms with Gasteiger partial charge in [0.2, 0.25) is 0 Å². The Bertz CT molecular complexity index is 733. The van der Waals surface area contributed by atoms with E-state index < -0.39 is 0 Å². The van der Waals surface area contributed by atoms with Crippen LogP contribution in [0, 0.1) is 5.82 Å². The maximum absolute atomic E-state index is 13.7. The minimum absolute atomic E-state index is 0.319. The number of nitrogens with one attached hydrogen (secondary N) is 1. The van der Waals surface area contributed by atoms with Crippen molar-refractivity contribution in [3.8, 4) is 11.3 Å². The van der Waals surface area contributed by atoms with E-state index in [1.807, 2.05) is 24.3 Å². The molecule has 0 bridgehead atoms. The average Bonchev–Trinajstić information content (AvgIpc) is 2.91. The Morgan fingerprint density at radius 1 is 1.10 bits per heavy atom. The van der Waals surface area contributed by atoms with E-state index in [9.17, 15) is 4.39 Å². The lowest BCUT2D eigenvalue weighted by atomic mass is 10.1. The fourth-order valence-electron chi connectivity index (χ4n) is 2.27. The molecule has 0 saturated carbocycles. The van der Waals surface area contributed by atoms with Crippen LogP contribution in [0.3, 0.4) is 0 Å². The number of halogens is 1. The van der Waals surface area contributed by atoms with Crippen LogP contribution in [0.2, 0.25) is 0 Å². The molecule has 1 heterocycles. The van der Waals surface area contributed by atoms with Gasteiger partial charge >= 0.3 is 0 Å². The number of para-hydroxylation sites is 1. The van der Waals surface area contributed by atoms with E-state index in [4.69, 9.17) is 4.42 Å². The van der Waals surface area contributed by atoms with Crippen molar-refractivity contribution in [1.29, 1.82) is 0 Å². The van der Waals surface area contributed by atoms with Crippen LogP contribution in [0.5, 0.6) is 0 Å². The van der Waals surface area contributed by atoms with Crippen LogP contribution in [-0.2, 0) is 6.54 Å². The summed E-state index contributed by atoms with van der Waals surface area (Å²) in [6.07, 6.45) is 0. The predicted molar refractivity (Wildman–Crippen MR) is 79.0 cm³/mol. The Morgan fingerprint density at radius 2 is 1.95 bits per heavy atom. The molecule has 0 aliphatic rings. The molecule has 0 fully saturated rings. The van der Waals surface area contributed by atoms with Crippen molar-refractivity contribution in [2.24, 2.45) is 0 Å². The van der Waals surface area contributed by atoms with Crippen molar-refractivity contribution < 1.29 is 8.81 Å². The van der Waals surface area contributed by atoms with Gasteiger partial charge in [0.25, 0.3) is 0 Å². The van der Waals surface area contributed by atoms with Crippen molar-refractivity contribution in [2.45, 2.75) is 13.5 Å². The monoisotopic (exact) mass is 269 g/mol. The third-order valence-electron chi connectivity index (χ3n) is 3.29. The molecule has 0 unspecified atom stereocenters. The molecule has 3 aromatic rings. The van der Waals surface area contributed by atoms with E-state index in [0.717, 1.165) is 24.0 Å². The van der Waals surface area contributed by atoms with Crippen LogP contribution in [0.1, 0.15) is 12.5 Å². The Morgan fingerprint density at radius 3 is 2.75 bits per heavy atom. The molecule has 0 spiro atoms. The third kappa shape index (κ3) is 2.45. The highest BCUT2D eigenvalue weighted by Crippen LogP contribution is 2.29. The quantitative estimate of drug-likeness (QED) is 0.761. The zero-order valence-corrected chi connectivity index (χ0v) is 11.3. The van der Waals surface area contributed by atoms with Gasteiger partial charge in [-0.15, -0.1) is 0 Å². The van der Waals surface area contributed by atoms with Crippen LogP contribution in [-0.4, -0.2) is 6.54 Å². The third-order valence-corrected chi connectivity index (χ3v) is 3.29. The first-order chi connectivity index (χ1) is 9.78. The second-order valence-corrected chi connectivity index (χ2v) is 4.75. The summed E-state index contributed by atoms with van der Waals surface area (Å²) in [5.74, 6) is 0.376. The molecule has 0 radical (unpaired) electrons. The lowest BCUT2D eigenvalue weighted by molar-refractivity contribution is 0.568. The number of rotatable bonds is 4. The summed E-state index contributed by atoms with van der Waals surface area (Å²) in [6, 6.07) is 14.9. The van der Waals surface area contributed by atoms with Crippen molar-refractivity contribution in [3.05, 3.63) is 59.9 Å². The maximum atomic E-state index is 13.7. The largest absolute Gasteiger partial charge is 0.453 e. The van der Waals surface area contributed by atoms with Gasteiger partial charge in [0.1, 0.15) is 5.76 Å². The highest BCUT2D eigenvalue weighted by molar-refractivity contribution is 5.83. The van der Waals surface area contributed by atoms with Gasteiger partial charge < -0.3 is 9.73 Å². The standard InChI is InChI=1S/C17H16FNO/c1-2-19-11-12-5-3-6-13(9-12)16-10-14-7-4-8-15(18)17(14)20-16/h3-10,19H,2,11H2,1H3. The van der Waals surface area contributed by atoms with Crippen LogP contribution >= 0.6 is 0 Å². The molecule has 2 nitrogen and oxygen atoms in total. The summed E-state index contributed by atoms with van der Waals surface area (Å²) >= 11 is 0. The molecule has 0 aliphatic carbocycles. The predicted octanol–water partition coefficient (Wildman–Crippen LogP) is 4.35. The van der Waals surface area contributed by atoms with Gasteiger partial charge in [-0.1, -0.05) is 37.3 Å². The lowest BCUT2D eigenvalue weighted by Crippen LogP contribution is -2.11. The minimum Gasteiger partial charge on any atom is -0.453 e. The second kappa shape index (κ2) is 5.47. The van der Waals surface area contributed by atoms with Crippen LogP contribution in [0.15, 0.2) is 52.9 Å². The Kier molecular flexibility index (Phi) is 3.52. The fourth-order valence-corrected chi connectivity index (χ4v) is 2.27. The number of hydrogen-bond acceptors (Lipinski definition) is 2. The Labute approximate surface area is 117 Å². The lowest BCUT2D eigenvalue weighted by Gasteiger charge is -2.03. The molecule has 102 valence electrons. The van der Waals surface area contributed by atoms with Gasteiger partial charge in [0.15, 0.2) is 11.4 Å². The van der Waals surface area contributed by atoms with Crippen molar-refractivity contribution in [3.63, 3.8) is 0 Å². The minimum atomic E-state index is -0.322. The van der Waals surface area contributed by atoms with Crippen molar-refractivity contribution in [2.75, 3.05) is 6.54 Å². The first kappa shape index (κ1) is 12.9. The Balaban J connectivity index is 2.00.